The van der Waals surface area contributed by atoms with E-state index in [0.717, 1.165) is 11.1 Å². The molecule has 21 heavy (non-hydrogen) atoms. The molecule has 0 aliphatic carbocycles. The first-order chi connectivity index (χ1) is 9.32. The molecule has 3 N–H and O–H groups in total. The molecule has 1 heterocycles. The second-order valence-corrected chi connectivity index (χ2v) is 6.95. The van der Waals surface area contributed by atoms with Crippen LogP contribution < -0.4 is 5.73 Å². The lowest BCUT2D eigenvalue weighted by atomic mass is 10.2. The van der Waals surface area contributed by atoms with Crippen molar-refractivity contribution in [2.24, 2.45) is 5.73 Å². The summed E-state index contributed by atoms with van der Waals surface area (Å²) in [7, 11) is -3.47. The van der Waals surface area contributed by atoms with E-state index in [1.165, 1.54) is 4.31 Å². The van der Waals surface area contributed by atoms with Gasteiger partial charge < -0.3 is 10.6 Å². The van der Waals surface area contributed by atoms with Crippen LogP contribution in [0, 0.1) is 19.3 Å². The van der Waals surface area contributed by atoms with Crippen molar-refractivity contribution >= 4 is 40.0 Å². The summed E-state index contributed by atoms with van der Waals surface area (Å²) in [5, 5.41) is 7.37. The molecule has 8 heteroatoms. The minimum atomic E-state index is -3.47. The van der Waals surface area contributed by atoms with Crippen molar-refractivity contribution in [3.05, 3.63) is 29.3 Å². The molecule has 0 radical (unpaired) electrons. The quantitative estimate of drug-likeness (QED) is 0.423. The third-order valence-corrected chi connectivity index (χ3v) is 5.58. The Kier molecular flexibility index (Phi) is 6.00. The summed E-state index contributed by atoms with van der Waals surface area (Å²) in [6.45, 7) is 5.31. The predicted molar refractivity (Wildman–Crippen MR) is 93.6 cm³/mol. The van der Waals surface area contributed by atoms with Crippen molar-refractivity contribution in [1.29, 1.82) is 5.41 Å². The number of guanidine groups is 1. The SMILES string of the molecule is Cc1ccc(C)c(S(=O)(=O)N2CCN(C(=N)N)CC2)c1.I. The Labute approximate surface area is 142 Å². The zero-order chi connectivity index (χ0) is 14.9. The molecular formula is C13H21IN4O2S. The second kappa shape index (κ2) is 6.93. The molecule has 1 aliphatic rings. The first-order valence-corrected chi connectivity index (χ1v) is 7.93. The molecule has 0 bridgehead atoms. The highest BCUT2D eigenvalue weighted by atomic mass is 127. The number of aryl methyl sites for hydroxylation is 2. The summed E-state index contributed by atoms with van der Waals surface area (Å²) in [6, 6.07) is 5.44. The van der Waals surface area contributed by atoms with Crippen molar-refractivity contribution < 1.29 is 8.42 Å². The van der Waals surface area contributed by atoms with Gasteiger partial charge in [-0.3, -0.25) is 5.41 Å². The molecule has 0 unspecified atom stereocenters. The van der Waals surface area contributed by atoms with Crippen LogP contribution in [0.4, 0.5) is 0 Å². The number of hydrogen-bond donors (Lipinski definition) is 2. The van der Waals surface area contributed by atoms with Crippen LogP contribution in [0.3, 0.4) is 0 Å². The second-order valence-electron chi connectivity index (χ2n) is 5.05. The highest BCUT2D eigenvalue weighted by molar-refractivity contribution is 14.0. The van der Waals surface area contributed by atoms with Crippen LogP contribution in [0.1, 0.15) is 11.1 Å². The normalized spacial score (nSPS) is 16.4. The lowest BCUT2D eigenvalue weighted by molar-refractivity contribution is 0.263. The van der Waals surface area contributed by atoms with Crippen LogP contribution in [0.5, 0.6) is 0 Å². The monoisotopic (exact) mass is 424 g/mol. The lowest BCUT2D eigenvalue weighted by Gasteiger charge is -2.34. The number of nitrogens with two attached hydrogens (primary N) is 1. The molecule has 1 aromatic carbocycles. The van der Waals surface area contributed by atoms with Gasteiger partial charge in [0.2, 0.25) is 10.0 Å². The maximum Gasteiger partial charge on any atom is 0.243 e. The molecular weight excluding hydrogens is 403 g/mol. The van der Waals surface area contributed by atoms with Gasteiger partial charge in [-0.25, -0.2) is 8.42 Å². The highest BCUT2D eigenvalue weighted by Crippen LogP contribution is 2.22. The summed E-state index contributed by atoms with van der Waals surface area (Å²) in [6.07, 6.45) is 0. The summed E-state index contributed by atoms with van der Waals surface area (Å²) in [5.74, 6) is -0.00576. The molecule has 0 amide bonds. The third kappa shape index (κ3) is 3.86. The molecule has 6 nitrogen and oxygen atoms in total. The van der Waals surface area contributed by atoms with Gasteiger partial charge in [-0.05, 0) is 31.0 Å². The minimum Gasteiger partial charge on any atom is -0.370 e. The fourth-order valence-electron chi connectivity index (χ4n) is 2.29. The van der Waals surface area contributed by atoms with Gasteiger partial charge in [0.1, 0.15) is 0 Å². The predicted octanol–water partition coefficient (Wildman–Crippen LogP) is 1.12. The average Bonchev–Trinajstić information content (AvgIpc) is 2.41. The molecule has 1 saturated heterocycles. The molecule has 1 aromatic rings. The Hall–Kier alpha value is -0.870. The van der Waals surface area contributed by atoms with Crippen LogP contribution in [0.25, 0.3) is 0 Å². The Morgan fingerprint density at radius 2 is 1.76 bits per heavy atom. The van der Waals surface area contributed by atoms with Crippen LogP contribution in [0.15, 0.2) is 23.1 Å². The van der Waals surface area contributed by atoms with Gasteiger partial charge in [0.25, 0.3) is 0 Å². The van der Waals surface area contributed by atoms with Crippen LogP contribution >= 0.6 is 24.0 Å². The summed E-state index contributed by atoms with van der Waals surface area (Å²) in [4.78, 5) is 2.04. The first-order valence-electron chi connectivity index (χ1n) is 6.49. The Morgan fingerprint density at radius 1 is 1.19 bits per heavy atom. The topological polar surface area (TPSA) is 90.5 Å². The van der Waals surface area contributed by atoms with Gasteiger partial charge in [0, 0.05) is 26.2 Å². The van der Waals surface area contributed by atoms with Gasteiger partial charge in [0.15, 0.2) is 5.96 Å². The third-order valence-electron chi connectivity index (χ3n) is 3.54. The smallest absolute Gasteiger partial charge is 0.243 e. The fourth-order valence-corrected chi connectivity index (χ4v) is 4.03. The number of sulfonamides is 1. The highest BCUT2D eigenvalue weighted by Gasteiger charge is 2.29. The van der Waals surface area contributed by atoms with E-state index in [9.17, 15) is 8.42 Å². The maximum atomic E-state index is 12.7. The molecule has 0 saturated carbocycles. The lowest BCUT2D eigenvalue weighted by Crippen LogP contribution is -2.52. The van der Waals surface area contributed by atoms with E-state index < -0.39 is 10.0 Å². The van der Waals surface area contributed by atoms with Gasteiger partial charge in [-0.15, -0.1) is 24.0 Å². The minimum absolute atomic E-state index is 0. The molecule has 1 aliphatic heterocycles. The maximum absolute atomic E-state index is 12.7. The summed E-state index contributed by atoms with van der Waals surface area (Å²) < 4.78 is 26.8. The van der Waals surface area contributed by atoms with Gasteiger partial charge in [-0.2, -0.15) is 4.31 Å². The summed E-state index contributed by atoms with van der Waals surface area (Å²) in [5.41, 5.74) is 7.10. The number of hydrogen-bond acceptors (Lipinski definition) is 3. The molecule has 118 valence electrons. The van der Waals surface area contributed by atoms with Crippen LogP contribution in [0.2, 0.25) is 0 Å². The first kappa shape index (κ1) is 18.2. The standard InChI is InChI=1S/C13H20N4O2S.HI/c1-10-3-4-11(2)12(9-10)20(18,19)17-7-5-16(6-8-17)13(14)15;/h3-4,9H,5-8H2,1-2H3,(H3,14,15);1H. The largest absolute Gasteiger partial charge is 0.370 e. The van der Waals surface area contributed by atoms with Crippen molar-refractivity contribution in [3.63, 3.8) is 0 Å². The Morgan fingerprint density at radius 3 is 2.29 bits per heavy atom. The zero-order valence-electron chi connectivity index (χ0n) is 12.2. The average molecular weight is 424 g/mol. The van der Waals surface area contributed by atoms with Crippen molar-refractivity contribution in [3.8, 4) is 0 Å². The van der Waals surface area contributed by atoms with E-state index in [4.69, 9.17) is 11.1 Å². The Bertz CT molecular complexity index is 625. The zero-order valence-corrected chi connectivity index (χ0v) is 15.3. The van der Waals surface area contributed by atoms with Gasteiger partial charge >= 0.3 is 0 Å². The van der Waals surface area contributed by atoms with Crippen molar-refractivity contribution in [2.75, 3.05) is 26.2 Å². The number of nitrogens with zero attached hydrogens (tertiary/aromatic N) is 2. The van der Waals surface area contributed by atoms with E-state index in [1.807, 2.05) is 19.1 Å². The van der Waals surface area contributed by atoms with Gasteiger partial charge in [0.05, 0.1) is 4.90 Å². The molecule has 1 fully saturated rings. The number of benzene rings is 1. The van der Waals surface area contributed by atoms with Gasteiger partial charge in [-0.1, -0.05) is 12.1 Å². The number of piperazine rings is 1. The van der Waals surface area contributed by atoms with Crippen LogP contribution in [-0.2, 0) is 10.0 Å². The molecule has 0 aromatic heterocycles. The van der Waals surface area contributed by atoms with Crippen molar-refractivity contribution in [1.82, 2.24) is 9.21 Å². The van der Waals surface area contributed by atoms with E-state index in [2.05, 4.69) is 0 Å². The van der Waals surface area contributed by atoms with E-state index >= 15 is 0 Å². The Balaban J connectivity index is 0.00000220. The van der Waals surface area contributed by atoms with E-state index in [-0.39, 0.29) is 29.9 Å². The number of halogens is 1. The van der Waals surface area contributed by atoms with E-state index in [0.29, 0.717) is 31.1 Å². The van der Waals surface area contributed by atoms with Crippen molar-refractivity contribution in [2.45, 2.75) is 18.7 Å². The van der Waals surface area contributed by atoms with E-state index in [1.54, 1.807) is 17.9 Å². The molecule has 0 spiro atoms. The summed E-state index contributed by atoms with van der Waals surface area (Å²) >= 11 is 0. The molecule has 0 atom stereocenters. The van der Waals surface area contributed by atoms with Crippen LogP contribution in [-0.4, -0.2) is 49.8 Å². The number of nitrogens with one attached hydrogen (secondary N) is 1. The number of rotatable bonds is 2. The fraction of sp³-hybridized carbons (Fsp3) is 0.462. The molecule has 2 rings (SSSR count).